The van der Waals surface area contributed by atoms with Crippen LogP contribution in [0.5, 0.6) is 11.5 Å². The Bertz CT molecular complexity index is 439. The predicted molar refractivity (Wildman–Crippen MR) is 77.3 cm³/mol. The van der Waals surface area contributed by atoms with Gasteiger partial charge in [-0.25, -0.2) is 0 Å². The maximum absolute atomic E-state index is 6.00. The van der Waals surface area contributed by atoms with E-state index in [1.807, 2.05) is 12.1 Å². The van der Waals surface area contributed by atoms with Crippen molar-refractivity contribution in [1.82, 2.24) is 5.32 Å². The molecular formula is C16H23NO3. The number of rotatable bonds is 7. The molecule has 110 valence electrons. The number of hydrogen-bond donors (Lipinski definition) is 1. The third-order valence-corrected chi connectivity index (χ3v) is 3.92. The Morgan fingerprint density at radius 3 is 2.90 bits per heavy atom. The molecule has 2 fully saturated rings. The number of ether oxygens (including phenoxy) is 3. The molecule has 0 amide bonds. The Labute approximate surface area is 120 Å². The predicted octanol–water partition coefficient (Wildman–Crippen LogP) is 2.36. The standard InChI is InChI=1S/C16H23NO3/c1-18-15-4-5-16(20-11-12-6-7-19-10-12)13(8-15)9-17-14-2-3-14/h4-5,8,12,14,17H,2-3,6-7,9-11H2,1H3. The first kappa shape index (κ1) is 13.7. The molecule has 1 heterocycles. The van der Waals surface area contributed by atoms with E-state index >= 15 is 0 Å². The summed E-state index contributed by atoms with van der Waals surface area (Å²) in [5.74, 6) is 2.38. The molecule has 1 saturated heterocycles. The van der Waals surface area contributed by atoms with E-state index in [9.17, 15) is 0 Å². The molecule has 1 aromatic carbocycles. The molecule has 0 spiro atoms. The van der Waals surface area contributed by atoms with E-state index in [1.165, 1.54) is 18.4 Å². The largest absolute Gasteiger partial charge is 0.497 e. The van der Waals surface area contributed by atoms with Gasteiger partial charge in [-0.05, 0) is 37.5 Å². The van der Waals surface area contributed by atoms with E-state index in [1.54, 1.807) is 7.11 Å². The van der Waals surface area contributed by atoms with Crippen LogP contribution < -0.4 is 14.8 Å². The number of benzene rings is 1. The fourth-order valence-electron chi connectivity index (χ4n) is 2.43. The van der Waals surface area contributed by atoms with Crippen LogP contribution >= 0.6 is 0 Å². The molecule has 1 N–H and O–H groups in total. The molecule has 3 rings (SSSR count). The maximum Gasteiger partial charge on any atom is 0.124 e. The van der Waals surface area contributed by atoms with Gasteiger partial charge in [0, 0.05) is 30.7 Å². The maximum atomic E-state index is 6.00. The first-order valence-electron chi connectivity index (χ1n) is 7.46. The highest BCUT2D eigenvalue weighted by molar-refractivity contribution is 5.40. The number of nitrogens with one attached hydrogen (secondary N) is 1. The third kappa shape index (κ3) is 3.64. The molecule has 20 heavy (non-hydrogen) atoms. The van der Waals surface area contributed by atoms with Gasteiger partial charge >= 0.3 is 0 Å². The van der Waals surface area contributed by atoms with E-state index < -0.39 is 0 Å². The second-order valence-corrected chi connectivity index (χ2v) is 5.67. The van der Waals surface area contributed by atoms with E-state index in [2.05, 4.69) is 11.4 Å². The van der Waals surface area contributed by atoms with Crippen LogP contribution in [-0.2, 0) is 11.3 Å². The smallest absolute Gasteiger partial charge is 0.124 e. The van der Waals surface area contributed by atoms with Crippen LogP contribution in [-0.4, -0.2) is 33.0 Å². The van der Waals surface area contributed by atoms with Crippen molar-refractivity contribution in [1.29, 1.82) is 0 Å². The van der Waals surface area contributed by atoms with Crippen LogP contribution in [0.2, 0.25) is 0 Å². The van der Waals surface area contributed by atoms with Gasteiger partial charge in [0.25, 0.3) is 0 Å². The van der Waals surface area contributed by atoms with Crippen molar-refractivity contribution in [2.45, 2.75) is 31.8 Å². The van der Waals surface area contributed by atoms with Gasteiger partial charge in [0.15, 0.2) is 0 Å². The fourth-order valence-corrected chi connectivity index (χ4v) is 2.43. The van der Waals surface area contributed by atoms with Crippen LogP contribution in [0, 0.1) is 5.92 Å². The lowest BCUT2D eigenvalue weighted by Crippen LogP contribution is -2.17. The molecule has 1 saturated carbocycles. The summed E-state index contributed by atoms with van der Waals surface area (Å²) < 4.78 is 16.7. The molecule has 1 aliphatic heterocycles. The molecule has 4 nitrogen and oxygen atoms in total. The summed E-state index contributed by atoms with van der Waals surface area (Å²) in [6, 6.07) is 6.73. The molecule has 0 bridgehead atoms. The summed E-state index contributed by atoms with van der Waals surface area (Å²) in [5, 5.41) is 3.53. The Balaban J connectivity index is 1.62. The molecule has 4 heteroatoms. The van der Waals surface area contributed by atoms with Gasteiger partial charge in [-0.15, -0.1) is 0 Å². The second kappa shape index (κ2) is 6.46. The number of hydrogen-bond acceptors (Lipinski definition) is 4. The minimum Gasteiger partial charge on any atom is -0.497 e. The van der Waals surface area contributed by atoms with Gasteiger partial charge in [0.2, 0.25) is 0 Å². The molecule has 1 aromatic rings. The van der Waals surface area contributed by atoms with Gasteiger partial charge in [-0.3, -0.25) is 0 Å². The SMILES string of the molecule is COc1ccc(OCC2CCOC2)c(CNC2CC2)c1. The summed E-state index contributed by atoms with van der Waals surface area (Å²) in [6.07, 6.45) is 3.69. The van der Waals surface area contributed by atoms with Crippen LogP contribution in [0.3, 0.4) is 0 Å². The molecule has 0 aromatic heterocycles. The first-order chi connectivity index (χ1) is 9.85. The Hall–Kier alpha value is -1.26. The molecule has 2 aliphatic rings. The van der Waals surface area contributed by atoms with Crippen molar-refractivity contribution in [3.63, 3.8) is 0 Å². The topological polar surface area (TPSA) is 39.7 Å². The Morgan fingerprint density at radius 2 is 2.20 bits per heavy atom. The average molecular weight is 277 g/mol. The van der Waals surface area contributed by atoms with Crippen LogP contribution in [0.4, 0.5) is 0 Å². The monoisotopic (exact) mass is 277 g/mol. The molecule has 1 atom stereocenters. The van der Waals surface area contributed by atoms with Gasteiger partial charge < -0.3 is 19.5 Å². The summed E-state index contributed by atoms with van der Waals surface area (Å²) in [5.41, 5.74) is 1.18. The van der Waals surface area contributed by atoms with E-state index in [0.29, 0.717) is 12.0 Å². The highest BCUT2D eigenvalue weighted by Gasteiger charge is 2.21. The second-order valence-electron chi connectivity index (χ2n) is 5.67. The summed E-state index contributed by atoms with van der Waals surface area (Å²) in [4.78, 5) is 0. The lowest BCUT2D eigenvalue weighted by molar-refractivity contribution is 0.166. The zero-order valence-electron chi connectivity index (χ0n) is 12.1. The normalized spacial score (nSPS) is 21.9. The van der Waals surface area contributed by atoms with Gasteiger partial charge in [0.1, 0.15) is 11.5 Å². The van der Waals surface area contributed by atoms with Crippen LogP contribution in [0.25, 0.3) is 0 Å². The van der Waals surface area contributed by atoms with E-state index in [4.69, 9.17) is 14.2 Å². The summed E-state index contributed by atoms with van der Waals surface area (Å²) in [6.45, 7) is 3.28. The van der Waals surface area contributed by atoms with Gasteiger partial charge in [0.05, 0.1) is 20.3 Å². The van der Waals surface area contributed by atoms with Gasteiger partial charge in [-0.1, -0.05) is 0 Å². The Morgan fingerprint density at radius 1 is 1.30 bits per heavy atom. The molecule has 1 unspecified atom stereocenters. The highest BCUT2D eigenvalue weighted by atomic mass is 16.5. The lowest BCUT2D eigenvalue weighted by Gasteiger charge is -2.15. The fraction of sp³-hybridized carbons (Fsp3) is 0.625. The number of methoxy groups -OCH3 is 1. The van der Waals surface area contributed by atoms with Crippen LogP contribution in [0.15, 0.2) is 18.2 Å². The third-order valence-electron chi connectivity index (χ3n) is 3.92. The minimum absolute atomic E-state index is 0.529. The first-order valence-corrected chi connectivity index (χ1v) is 7.46. The van der Waals surface area contributed by atoms with Crippen molar-refractivity contribution in [3.8, 4) is 11.5 Å². The van der Waals surface area contributed by atoms with Crippen molar-refractivity contribution in [3.05, 3.63) is 23.8 Å². The zero-order chi connectivity index (χ0) is 13.8. The zero-order valence-corrected chi connectivity index (χ0v) is 12.1. The van der Waals surface area contributed by atoms with Crippen molar-refractivity contribution >= 4 is 0 Å². The molecule has 1 aliphatic carbocycles. The lowest BCUT2D eigenvalue weighted by atomic mass is 10.1. The van der Waals surface area contributed by atoms with Crippen molar-refractivity contribution in [2.24, 2.45) is 5.92 Å². The van der Waals surface area contributed by atoms with Crippen molar-refractivity contribution in [2.75, 3.05) is 26.9 Å². The van der Waals surface area contributed by atoms with Crippen molar-refractivity contribution < 1.29 is 14.2 Å². The molecular weight excluding hydrogens is 254 g/mol. The van der Waals surface area contributed by atoms with E-state index in [-0.39, 0.29) is 0 Å². The summed E-state index contributed by atoms with van der Waals surface area (Å²) >= 11 is 0. The highest BCUT2D eigenvalue weighted by Crippen LogP contribution is 2.27. The van der Waals surface area contributed by atoms with E-state index in [0.717, 1.165) is 44.3 Å². The van der Waals surface area contributed by atoms with Crippen LogP contribution in [0.1, 0.15) is 24.8 Å². The summed E-state index contributed by atoms with van der Waals surface area (Å²) in [7, 11) is 1.70. The average Bonchev–Trinajstić information content (AvgIpc) is 3.17. The Kier molecular flexibility index (Phi) is 4.43. The van der Waals surface area contributed by atoms with Gasteiger partial charge in [-0.2, -0.15) is 0 Å². The molecule has 0 radical (unpaired) electrons. The minimum atomic E-state index is 0.529. The quantitative estimate of drug-likeness (QED) is 0.830.